The number of phenolic OH excluding ortho intramolecular Hbond substituents is 1. The molecule has 72 valence electrons. The van der Waals surface area contributed by atoms with Crippen LogP contribution in [0.5, 0.6) is 5.75 Å². The molecule has 0 aromatic heterocycles. The fourth-order valence-corrected chi connectivity index (χ4v) is 1.65. The fourth-order valence-electron chi connectivity index (χ4n) is 0.985. The number of phenols is 1. The highest BCUT2D eigenvalue weighted by molar-refractivity contribution is 7.98. The fraction of sp³-hybridized carbons (Fsp3) is 0.250. The number of aromatic hydroxyl groups is 1. The van der Waals surface area contributed by atoms with Crippen LogP contribution in [0, 0.1) is 24.4 Å². The Morgan fingerprint density at radius 1 is 1.08 bits per heavy atom. The maximum Gasteiger partial charge on any atom is 0.204 e. The van der Waals surface area contributed by atoms with Crippen LogP contribution < -0.4 is 0 Å². The summed E-state index contributed by atoms with van der Waals surface area (Å²) in [5.41, 5.74) is -0.0797. The minimum Gasteiger partial charge on any atom is -0.503 e. The van der Waals surface area contributed by atoms with Crippen molar-refractivity contribution in [3.63, 3.8) is 0 Å². The summed E-state index contributed by atoms with van der Waals surface area (Å²) in [5, 5.41) is 8.79. The third-order valence-corrected chi connectivity index (χ3v) is 2.58. The average molecular weight is 208 g/mol. The molecule has 0 aliphatic carbocycles. The predicted molar refractivity (Wildman–Crippen MR) is 44.5 cm³/mol. The molecule has 0 fully saturated rings. The lowest BCUT2D eigenvalue weighted by molar-refractivity contribution is 0.367. The van der Waals surface area contributed by atoms with Gasteiger partial charge >= 0.3 is 0 Å². The molecule has 0 atom stereocenters. The quantitative estimate of drug-likeness (QED) is 0.565. The van der Waals surface area contributed by atoms with E-state index < -0.39 is 23.2 Å². The Hall–Kier alpha value is -0.840. The van der Waals surface area contributed by atoms with E-state index in [4.69, 9.17) is 5.11 Å². The lowest BCUT2D eigenvalue weighted by atomic mass is 10.2. The largest absolute Gasteiger partial charge is 0.503 e. The molecule has 1 rings (SSSR count). The van der Waals surface area contributed by atoms with E-state index in [0.29, 0.717) is 0 Å². The van der Waals surface area contributed by atoms with Crippen LogP contribution in [0.4, 0.5) is 13.2 Å². The van der Waals surface area contributed by atoms with Crippen LogP contribution in [-0.2, 0) is 0 Å². The molecular formula is C8H7F3OS. The van der Waals surface area contributed by atoms with E-state index in [1.54, 1.807) is 0 Å². The Balaban J connectivity index is 3.56. The minimum absolute atomic E-state index is 0.0797. The van der Waals surface area contributed by atoms with Crippen molar-refractivity contribution in [1.82, 2.24) is 0 Å². The summed E-state index contributed by atoms with van der Waals surface area (Å²) in [7, 11) is 0. The van der Waals surface area contributed by atoms with Gasteiger partial charge in [-0.2, -0.15) is 4.39 Å². The molecule has 0 saturated carbocycles. The first-order valence-corrected chi connectivity index (χ1v) is 4.63. The number of hydrogen-bond donors (Lipinski definition) is 1. The van der Waals surface area contributed by atoms with Crippen LogP contribution in [-0.4, -0.2) is 11.4 Å². The van der Waals surface area contributed by atoms with E-state index in [2.05, 4.69) is 0 Å². The maximum atomic E-state index is 13.0. The minimum atomic E-state index is -1.53. The third kappa shape index (κ3) is 1.48. The molecule has 0 unspecified atom stereocenters. The normalized spacial score (nSPS) is 10.5. The number of thioether (sulfide) groups is 1. The maximum absolute atomic E-state index is 13.0. The first-order valence-electron chi connectivity index (χ1n) is 3.40. The van der Waals surface area contributed by atoms with Gasteiger partial charge in [0.25, 0.3) is 0 Å². The molecule has 13 heavy (non-hydrogen) atoms. The topological polar surface area (TPSA) is 20.2 Å². The molecular weight excluding hydrogens is 201 g/mol. The highest BCUT2D eigenvalue weighted by Gasteiger charge is 2.21. The molecule has 5 heteroatoms. The van der Waals surface area contributed by atoms with Crippen molar-refractivity contribution in [2.24, 2.45) is 0 Å². The third-order valence-electron chi connectivity index (χ3n) is 1.68. The zero-order valence-corrected chi connectivity index (χ0v) is 7.81. The summed E-state index contributed by atoms with van der Waals surface area (Å²) in [6.45, 7) is 1.28. The second kappa shape index (κ2) is 3.49. The summed E-state index contributed by atoms with van der Waals surface area (Å²) in [6, 6.07) is 0. The molecule has 1 aromatic carbocycles. The van der Waals surface area contributed by atoms with E-state index in [1.807, 2.05) is 0 Å². The van der Waals surface area contributed by atoms with Crippen molar-refractivity contribution >= 4 is 11.8 Å². The van der Waals surface area contributed by atoms with Crippen molar-refractivity contribution in [2.45, 2.75) is 11.8 Å². The zero-order valence-electron chi connectivity index (χ0n) is 6.99. The Labute approximate surface area is 77.6 Å². The van der Waals surface area contributed by atoms with Gasteiger partial charge < -0.3 is 5.11 Å². The molecule has 0 radical (unpaired) electrons. The van der Waals surface area contributed by atoms with E-state index >= 15 is 0 Å². The van der Waals surface area contributed by atoms with Gasteiger partial charge in [0.05, 0.1) is 4.90 Å². The van der Waals surface area contributed by atoms with Crippen LogP contribution in [0.2, 0.25) is 0 Å². The number of rotatable bonds is 1. The van der Waals surface area contributed by atoms with Gasteiger partial charge in [0.15, 0.2) is 17.4 Å². The molecule has 0 aliphatic rings. The molecule has 0 heterocycles. The molecule has 1 nitrogen and oxygen atoms in total. The molecule has 0 aliphatic heterocycles. The number of benzene rings is 1. The van der Waals surface area contributed by atoms with E-state index in [-0.39, 0.29) is 10.5 Å². The van der Waals surface area contributed by atoms with E-state index in [0.717, 1.165) is 11.8 Å². The van der Waals surface area contributed by atoms with Gasteiger partial charge in [-0.25, -0.2) is 8.78 Å². The van der Waals surface area contributed by atoms with Crippen molar-refractivity contribution in [1.29, 1.82) is 0 Å². The van der Waals surface area contributed by atoms with Crippen molar-refractivity contribution in [2.75, 3.05) is 6.26 Å². The Morgan fingerprint density at radius 2 is 1.62 bits per heavy atom. The summed E-state index contributed by atoms with van der Waals surface area (Å²) in [4.78, 5) is -0.118. The highest BCUT2D eigenvalue weighted by atomic mass is 32.2. The second-order valence-corrected chi connectivity index (χ2v) is 3.27. The standard InChI is InChI=1S/C8H7F3OS/c1-3-4(9)7(12)5(10)6(11)8(3)13-2/h12H,1-2H3. The van der Waals surface area contributed by atoms with Crippen LogP contribution in [0.25, 0.3) is 0 Å². The average Bonchev–Trinajstić information content (AvgIpc) is 2.13. The monoisotopic (exact) mass is 208 g/mol. The first-order chi connectivity index (χ1) is 6.00. The Morgan fingerprint density at radius 3 is 2.08 bits per heavy atom. The molecule has 0 amide bonds. The van der Waals surface area contributed by atoms with Crippen LogP contribution in [0.15, 0.2) is 4.90 Å². The highest BCUT2D eigenvalue weighted by Crippen LogP contribution is 2.33. The van der Waals surface area contributed by atoms with Crippen molar-refractivity contribution in [3.05, 3.63) is 23.0 Å². The van der Waals surface area contributed by atoms with Gasteiger partial charge in [-0.1, -0.05) is 0 Å². The smallest absolute Gasteiger partial charge is 0.204 e. The Kier molecular flexibility index (Phi) is 2.75. The van der Waals surface area contributed by atoms with Crippen LogP contribution in [0.3, 0.4) is 0 Å². The predicted octanol–water partition coefficient (Wildman–Crippen LogP) is 2.84. The summed E-state index contributed by atoms with van der Waals surface area (Å²) in [5.74, 6) is -5.10. The Bertz CT molecular complexity index is 323. The van der Waals surface area contributed by atoms with Gasteiger partial charge in [-0.3, -0.25) is 0 Å². The molecule has 0 spiro atoms. The number of hydrogen-bond acceptors (Lipinski definition) is 2. The van der Waals surface area contributed by atoms with Gasteiger partial charge in [-0.15, -0.1) is 11.8 Å². The second-order valence-electron chi connectivity index (χ2n) is 2.45. The lowest BCUT2D eigenvalue weighted by Gasteiger charge is -2.08. The summed E-state index contributed by atoms with van der Waals surface area (Å²) >= 11 is 0.893. The van der Waals surface area contributed by atoms with Crippen molar-refractivity contribution < 1.29 is 18.3 Å². The number of halogens is 3. The molecule has 0 saturated heterocycles. The lowest BCUT2D eigenvalue weighted by Crippen LogP contribution is -1.97. The van der Waals surface area contributed by atoms with Gasteiger partial charge in [0, 0.05) is 5.56 Å². The van der Waals surface area contributed by atoms with Gasteiger partial charge in [0.2, 0.25) is 5.82 Å². The summed E-state index contributed by atoms with van der Waals surface area (Å²) in [6.07, 6.45) is 1.50. The SMILES string of the molecule is CSc1c(C)c(F)c(O)c(F)c1F. The zero-order chi connectivity index (χ0) is 10.2. The van der Waals surface area contributed by atoms with Gasteiger partial charge in [0.1, 0.15) is 0 Å². The molecule has 0 bridgehead atoms. The van der Waals surface area contributed by atoms with Gasteiger partial charge in [-0.05, 0) is 13.2 Å². The first kappa shape index (κ1) is 10.2. The van der Waals surface area contributed by atoms with Crippen LogP contribution >= 0.6 is 11.8 Å². The molecule has 1 N–H and O–H groups in total. The van der Waals surface area contributed by atoms with Crippen molar-refractivity contribution in [3.8, 4) is 5.75 Å². The van der Waals surface area contributed by atoms with E-state index in [1.165, 1.54) is 13.2 Å². The molecule has 1 aromatic rings. The summed E-state index contributed by atoms with van der Waals surface area (Å²) < 4.78 is 38.7. The van der Waals surface area contributed by atoms with Crippen LogP contribution in [0.1, 0.15) is 5.56 Å². The van der Waals surface area contributed by atoms with E-state index in [9.17, 15) is 13.2 Å².